The summed E-state index contributed by atoms with van der Waals surface area (Å²) in [6.07, 6.45) is 4.04. The van der Waals surface area contributed by atoms with Crippen LogP contribution in [0.25, 0.3) is 0 Å². The Balaban J connectivity index is 1.46. The lowest BCUT2D eigenvalue weighted by molar-refractivity contribution is -0.218. The van der Waals surface area contributed by atoms with Gasteiger partial charge in [0.05, 0.1) is 31.5 Å². The third-order valence-electron chi connectivity index (χ3n) is 9.59. The smallest absolute Gasteiger partial charge is 0.195 e. The van der Waals surface area contributed by atoms with Crippen LogP contribution in [0.15, 0.2) is 72.3 Å². The van der Waals surface area contributed by atoms with Crippen LogP contribution >= 0.6 is 0 Å². The number of hydrogen-bond donors (Lipinski definition) is 0. The van der Waals surface area contributed by atoms with Gasteiger partial charge in [0.1, 0.15) is 0 Å². The molecule has 0 aromatic heterocycles. The van der Waals surface area contributed by atoms with E-state index >= 15 is 0 Å². The van der Waals surface area contributed by atoms with Gasteiger partial charge in [0.2, 0.25) is 0 Å². The average Bonchev–Trinajstić information content (AvgIpc) is 3.19. The molecule has 38 heavy (non-hydrogen) atoms. The van der Waals surface area contributed by atoms with E-state index in [0.29, 0.717) is 25.0 Å². The van der Waals surface area contributed by atoms with E-state index in [1.807, 2.05) is 0 Å². The van der Waals surface area contributed by atoms with E-state index < -0.39 is 14.1 Å². The molecule has 3 fully saturated rings. The number of fused-ring (bicyclic) bond motifs is 1. The first-order valence-electron chi connectivity index (χ1n) is 14.4. The second-order valence-corrected chi connectivity index (χ2v) is 17.9. The fourth-order valence-corrected chi connectivity index (χ4v) is 8.08. The van der Waals surface area contributed by atoms with Crippen LogP contribution in [0, 0.1) is 17.8 Å². The first kappa shape index (κ1) is 27.8. The van der Waals surface area contributed by atoms with Crippen LogP contribution in [0.3, 0.4) is 0 Å². The highest BCUT2D eigenvalue weighted by molar-refractivity contribution is 6.74. The van der Waals surface area contributed by atoms with Crippen LogP contribution in [0.4, 0.5) is 0 Å². The molecule has 0 amide bonds. The van der Waals surface area contributed by atoms with E-state index in [1.165, 1.54) is 16.7 Å². The standard InChI is InChI=1S/C33H46O4Si/c1-8-26-19-33(37-38(6,7)32(3,4)5)20-27-28(26)29(34-21-24-15-11-9-12-16-24)23(2)30(31(27)36-33)35-22-25-17-13-10-14-18-25/h8-18,23,27-31H,19-22H2,1-7H3/t23-,27-,28+,29-,30-,31-,33+/m1/s1. The molecule has 7 atom stereocenters. The molecule has 0 spiro atoms. The molecule has 206 valence electrons. The molecule has 5 rings (SSSR count). The van der Waals surface area contributed by atoms with Crippen LogP contribution in [0.5, 0.6) is 0 Å². The van der Waals surface area contributed by atoms with Gasteiger partial charge in [-0.25, -0.2) is 0 Å². The summed E-state index contributed by atoms with van der Waals surface area (Å²) < 4.78 is 27.8. The maximum absolute atomic E-state index is 7.15. The molecular formula is C33H46O4Si. The number of rotatable bonds is 8. The molecule has 2 aromatic carbocycles. The van der Waals surface area contributed by atoms with Crippen molar-refractivity contribution >= 4 is 8.32 Å². The minimum atomic E-state index is -2.06. The zero-order valence-corrected chi connectivity index (χ0v) is 25.3. The van der Waals surface area contributed by atoms with Gasteiger partial charge in [0, 0.05) is 30.6 Å². The molecule has 1 saturated heterocycles. The van der Waals surface area contributed by atoms with Gasteiger partial charge in [-0.3, -0.25) is 0 Å². The minimum Gasteiger partial charge on any atom is -0.390 e. The third-order valence-corrected chi connectivity index (χ3v) is 14.1. The van der Waals surface area contributed by atoms with E-state index in [-0.39, 0.29) is 29.3 Å². The fraction of sp³-hybridized carbons (Fsp3) is 0.576. The zero-order valence-electron chi connectivity index (χ0n) is 24.3. The molecule has 2 bridgehead atoms. The third kappa shape index (κ3) is 5.33. The highest BCUT2D eigenvalue weighted by Crippen LogP contribution is 2.60. The van der Waals surface area contributed by atoms with Gasteiger partial charge in [-0.05, 0) is 36.2 Å². The Morgan fingerprint density at radius 3 is 2.00 bits per heavy atom. The number of ether oxygens (including phenoxy) is 3. The molecule has 1 heterocycles. The highest BCUT2D eigenvalue weighted by Gasteiger charge is 2.65. The van der Waals surface area contributed by atoms with Crippen molar-refractivity contribution in [2.45, 2.75) is 103 Å². The largest absolute Gasteiger partial charge is 0.390 e. The van der Waals surface area contributed by atoms with Crippen LogP contribution in [-0.2, 0) is 31.9 Å². The molecule has 2 aromatic rings. The molecule has 4 nitrogen and oxygen atoms in total. The quantitative estimate of drug-likeness (QED) is 0.255. The van der Waals surface area contributed by atoms with Crippen molar-refractivity contribution in [3.63, 3.8) is 0 Å². The van der Waals surface area contributed by atoms with Crippen molar-refractivity contribution in [1.82, 2.24) is 0 Å². The van der Waals surface area contributed by atoms with Gasteiger partial charge >= 0.3 is 0 Å². The molecular weight excluding hydrogens is 488 g/mol. The Morgan fingerprint density at radius 1 is 0.921 bits per heavy atom. The number of benzene rings is 2. The topological polar surface area (TPSA) is 36.9 Å². The molecule has 1 aliphatic heterocycles. The van der Waals surface area contributed by atoms with Crippen molar-refractivity contribution in [2.24, 2.45) is 17.8 Å². The Bertz CT molecular complexity index is 1110. The average molecular weight is 535 g/mol. The first-order chi connectivity index (χ1) is 18.0. The SMILES string of the molecule is CC=C1C[C@]2(O[Si](C)(C)C(C)(C)C)C[C@H]3[C@@H](O2)[C@H](OCc2ccccc2)[C@H](C)[C@@H](OCc2ccccc2)[C@@H]13. The summed E-state index contributed by atoms with van der Waals surface area (Å²) in [7, 11) is -2.06. The van der Waals surface area contributed by atoms with Crippen LogP contribution in [0.1, 0.15) is 58.6 Å². The van der Waals surface area contributed by atoms with Gasteiger partial charge < -0.3 is 18.6 Å². The summed E-state index contributed by atoms with van der Waals surface area (Å²) in [5.74, 6) is 0.251. The Morgan fingerprint density at radius 2 is 1.47 bits per heavy atom. The number of hydrogen-bond acceptors (Lipinski definition) is 4. The summed E-state index contributed by atoms with van der Waals surface area (Å²) in [6.45, 7) is 17.3. The fourth-order valence-electron chi connectivity index (χ4n) is 6.64. The second-order valence-electron chi connectivity index (χ2n) is 13.2. The lowest BCUT2D eigenvalue weighted by Gasteiger charge is -2.49. The molecule has 5 heteroatoms. The van der Waals surface area contributed by atoms with Crippen molar-refractivity contribution in [3.8, 4) is 0 Å². The Kier molecular flexibility index (Phi) is 7.80. The van der Waals surface area contributed by atoms with E-state index in [2.05, 4.69) is 114 Å². The second kappa shape index (κ2) is 10.7. The maximum Gasteiger partial charge on any atom is 0.195 e. The van der Waals surface area contributed by atoms with Crippen LogP contribution < -0.4 is 0 Å². The van der Waals surface area contributed by atoms with Crippen LogP contribution in [0.2, 0.25) is 18.1 Å². The number of allylic oxidation sites excluding steroid dienone is 1. The predicted molar refractivity (Wildman–Crippen MR) is 155 cm³/mol. The van der Waals surface area contributed by atoms with Crippen molar-refractivity contribution < 1.29 is 18.6 Å². The molecule has 0 unspecified atom stereocenters. The summed E-state index contributed by atoms with van der Waals surface area (Å²) >= 11 is 0. The Hall–Kier alpha value is -1.76. The minimum absolute atomic E-state index is 0.00231. The Labute approximate surface area is 230 Å². The van der Waals surface area contributed by atoms with Crippen LogP contribution in [-0.4, -0.2) is 32.4 Å². The molecule has 2 saturated carbocycles. The highest BCUT2D eigenvalue weighted by atomic mass is 28.4. The lowest BCUT2D eigenvalue weighted by atomic mass is 9.62. The predicted octanol–water partition coefficient (Wildman–Crippen LogP) is 7.90. The van der Waals surface area contributed by atoms with Gasteiger partial charge in [-0.15, -0.1) is 0 Å². The monoisotopic (exact) mass is 534 g/mol. The van der Waals surface area contributed by atoms with E-state index in [1.54, 1.807) is 0 Å². The summed E-state index contributed by atoms with van der Waals surface area (Å²) in [6, 6.07) is 21.0. The van der Waals surface area contributed by atoms with E-state index in [4.69, 9.17) is 18.6 Å². The molecule has 3 aliphatic rings. The lowest BCUT2D eigenvalue weighted by Crippen LogP contribution is -2.55. The molecule has 0 radical (unpaired) electrons. The first-order valence-corrected chi connectivity index (χ1v) is 17.3. The van der Waals surface area contributed by atoms with Gasteiger partial charge in [-0.2, -0.15) is 0 Å². The molecule has 0 N–H and O–H groups in total. The van der Waals surface area contributed by atoms with Gasteiger partial charge in [0.15, 0.2) is 14.1 Å². The zero-order chi connectivity index (χ0) is 27.1. The van der Waals surface area contributed by atoms with Crippen molar-refractivity contribution in [2.75, 3.05) is 0 Å². The van der Waals surface area contributed by atoms with Gasteiger partial charge in [-0.1, -0.05) is 100 Å². The van der Waals surface area contributed by atoms with E-state index in [0.717, 1.165) is 12.8 Å². The normalized spacial score (nSPS) is 34.0. The summed E-state index contributed by atoms with van der Waals surface area (Å²) in [4.78, 5) is 0. The summed E-state index contributed by atoms with van der Waals surface area (Å²) in [5, 5.41) is 0.115. The maximum atomic E-state index is 7.15. The molecule has 2 aliphatic carbocycles. The van der Waals surface area contributed by atoms with E-state index in [9.17, 15) is 0 Å². The van der Waals surface area contributed by atoms with Crippen molar-refractivity contribution in [3.05, 3.63) is 83.4 Å². The van der Waals surface area contributed by atoms with Crippen molar-refractivity contribution in [1.29, 1.82) is 0 Å². The van der Waals surface area contributed by atoms with Gasteiger partial charge in [0.25, 0.3) is 0 Å². The summed E-state index contributed by atoms with van der Waals surface area (Å²) in [5.41, 5.74) is 3.82.